The van der Waals surface area contributed by atoms with Crippen molar-refractivity contribution < 1.29 is 4.79 Å². The SMILES string of the molecule is O=C1CC(c2ccc(Cl)cc2)=NN1c1ccccc1Cl. The third kappa shape index (κ3) is 2.42. The molecule has 0 unspecified atom stereocenters. The number of benzene rings is 2. The van der Waals surface area contributed by atoms with E-state index in [0.29, 0.717) is 21.4 Å². The molecule has 0 atom stereocenters. The highest BCUT2D eigenvalue weighted by molar-refractivity contribution is 6.34. The number of carbonyl (C=O) groups is 1. The van der Waals surface area contributed by atoms with E-state index in [1.54, 1.807) is 24.3 Å². The average Bonchev–Trinajstić information content (AvgIpc) is 2.82. The maximum atomic E-state index is 12.1. The van der Waals surface area contributed by atoms with Crippen molar-refractivity contribution in [1.29, 1.82) is 0 Å². The summed E-state index contributed by atoms with van der Waals surface area (Å²) in [5.41, 5.74) is 2.20. The Bertz CT molecular complexity index is 695. The maximum absolute atomic E-state index is 12.1. The lowest BCUT2D eigenvalue weighted by atomic mass is 10.1. The van der Waals surface area contributed by atoms with Crippen LogP contribution >= 0.6 is 23.2 Å². The molecule has 3 rings (SSSR count). The number of nitrogens with zero attached hydrogens (tertiary/aromatic N) is 2. The standard InChI is InChI=1S/C15H10Cl2N2O/c16-11-7-5-10(6-8-11)13-9-15(20)19(18-13)14-4-2-1-3-12(14)17/h1-8H,9H2. The number of hydrogen-bond acceptors (Lipinski definition) is 2. The second-order valence-electron chi connectivity index (χ2n) is 4.39. The molecule has 0 saturated carbocycles. The van der Waals surface area contributed by atoms with E-state index in [4.69, 9.17) is 23.2 Å². The Morgan fingerprint density at radius 3 is 2.40 bits per heavy atom. The van der Waals surface area contributed by atoms with E-state index < -0.39 is 0 Å². The normalized spacial score (nSPS) is 14.6. The van der Waals surface area contributed by atoms with Gasteiger partial charge in [0.05, 0.1) is 22.8 Å². The molecule has 0 aromatic heterocycles. The van der Waals surface area contributed by atoms with Gasteiger partial charge in [-0.2, -0.15) is 10.1 Å². The Hall–Kier alpha value is -1.84. The number of carbonyl (C=O) groups excluding carboxylic acids is 1. The van der Waals surface area contributed by atoms with Gasteiger partial charge in [-0.25, -0.2) is 0 Å². The predicted molar refractivity (Wildman–Crippen MR) is 81.5 cm³/mol. The van der Waals surface area contributed by atoms with Gasteiger partial charge in [-0.05, 0) is 29.8 Å². The molecule has 2 aromatic rings. The van der Waals surface area contributed by atoms with Crippen molar-refractivity contribution in [2.45, 2.75) is 6.42 Å². The Kier molecular flexibility index (Phi) is 3.47. The van der Waals surface area contributed by atoms with Crippen LogP contribution in [0.4, 0.5) is 5.69 Å². The summed E-state index contributed by atoms with van der Waals surface area (Å²) in [5.74, 6) is -0.0944. The molecule has 3 nitrogen and oxygen atoms in total. The van der Waals surface area contributed by atoms with E-state index in [9.17, 15) is 4.79 Å². The summed E-state index contributed by atoms with van der Waals surface area (Å²) in [6.07, 6.45) is 0.257. The zero-order valence-corrected chi connectivity index (χ0v) is 11.9. The summed E-state index contributed by atoms with van der Waals surface area (Å²) in [7, 11) is 0. The van der Waals surface area contributed by atoms with Crippen molar-refractivity contribution in [3.05, 3.63) is 64.1 Å². The first-order valence-electron chi connectivity index (χ1n) is 6.06. The van der Waals surface area contributed by atoms with E-state index in [1.165, 1.54) is 5.01 Å². The minimum Gasteiger partial charge on any atom is -0.272 e. The lowest BCUT2D eigenvalue weighted by molar-refractivity contribution is -0.116. The molecule has 5 heteroatoms. The minimum absolute atomic E-state index is 0.0944. The van der Waals surface area contributed by atoms with Crippen molar-refractivity contribution in [3.63, 3.8) is 0 Å². The highest BCUT2D eigenvalue weighted by atomic mass is 35.5. The quantitative estimate of drug-likeness (QED) is 0.821. The Labute approximate surface area is 126 Å². The molecular weight excluding hydrogens is 295 g/mol. The molecule has 100 valence electrons. The van der Waals surface area contributed by atoms with E-state index in [1.807, 2.05) is 24.3 Å². The first kappa shape index (κ1) is 13.2. The zero-order chi connectivity index (χ0) is 14.1. The van der Waals surface area contributed by atoms with Crippen LogP contribution in [0.3, 0.4) is 0 Å². The van der Waals surface area contributed by atoms with Crippen LogP contribution in [0, 0.1) is 0 Å². The van der Waals surface area contributed by atoms with Gasteiger partial charge in [-0.1, -0.05) is 47.5 Å². The van der Waals surface area contributed by atoms with Gasteiger partial charge in [0.2, 0.25) is 0 Å². The van der Waals surface area contributed by atoms with Gasteiger partial charge in [0.25, 0.3) is 5.91 Å². The molecule has 1 aliphatic heterocycles. The molecule has 20 heavy (non-hydrogen) atoms. The van der Waals surface area contributed by atoms with Crippen molar-refractivity contribution in [2.75, 3.05) is 5.01 Å². The van der Waals surface area contributed by atoms with Gasteiger partial charge < -0.3 is 0 Å². The molecule has 0 spiro atoms. The maximum Gasteiger partial charge on any atom is 0.253 e. The van der Waals surface area contributed by atoms with Crippen LogP contribution in [0.2, 0.25) is 10.0 Å². The number of amides is 1. The topological polar surface area (TPSA) is 32.7 Å². The van der Waals surface area contributed by atoms with Crippen LogP contribution in [-0.2, 0) is 4.79 Å². The second-order valence-corrected chi connectivity index (χ2v) is 5.23. The lowest BCUT2D eigenvalue weighted by Gasteiger charge is -2.12. The summed E-state index contributed by atoms with van der Waals surface area (Å²) in [4.78, 5) is 12.1. The first-order chi connectivity index (χ1) is 9.65. The van der Waals surface area contributed by atoms with Gasteiger partial charge in [0.1, 0.15) is 0 Å². The number of rotatable bonds is 2. The summed E-state index contributed by atoms with van der Waals surface area (Å²) in [5, 5.41) is 6.88. The summed E-state index contributed by atoms with van der Waals surface area (Å²) < 4.78 is 0. The van der Waals surface area contributed by atoms with Crippen LogP contribution < -0.4 is 5.01 Å². The molecule has 1 amide bonds. The fourth-order valence-corrected chi connectivity index (χ4v) is 2.39. The number of hydrazone groups is 1. The summed E-state index contributed by atoms with van der Waals surface area (Å²) >= 11 is 12.0. The second kappa shape index (κ2) is 5.27. The number of halogens is 2. The largest absolute Gasteiger partial charge is 0.272 e. The fraction of sp³-hybridized carbons (Fsp3) is 0.0667. The molecule has 2 aromatic carbocycles. The van der Waals surface area contributed by atoms with Crippen LogP contribution in [0.1, 0.15) is 12.0 Å². The molecular formula is C15H10Cl2N2O. The molecule has 0 aliphatic carbocycles. The average molecular weight is 305 g/mol. The zero-order valence-electron chi connectivity index (χ0n) is 10.4. The molecule has 0 N–H and O–H groups in total. The smallest absolute Gasteiger partial charge is 0.253 e. The highest BCUT2D eigenvalue weighted by Gasteiger charge is 2.27. The molecule has 1 aliphatic rings. The van der Waals surface area contributed by atoms with Crippen molar-refractivity contribution in [3.8, 4) is 0 Å². The Morgan fingerprint density at radius 2 is 1.70 bits per heavy atom. The summed E-state index contributed by atoms with van der Waals surface area (Å²) in [6, 6.07) is 14.4. The van der Waals surface area contributed by atoms with E-state index in [0.717, 1.165) is 5.56 Å². The molecule has 1 heterocycles. The highest BCUT2D eigenvalue weighted by Crippen LogP contribution is 2.29. The van der Waals surface area contributed by atoms with E-state index >= 15 is 0 Å². The van der Waals surface area contributed by atoms with Gasteiger partial charge >= 0.3 is 0 Å². The van der Waals surface area contributed by atoms with E-state index in [2.05, 4.69) is 5.10 Å². The van der Waals surface area contributed by atoms with Crippen LogP contribution in [0.15, 0.2) is 53.6 Å². The Morgan fingerprint density at radius 1 is 1.00 bits per heavy atom. The number of para-hydroxylation sites is 1. The van der Waals surface area contributed by atoms with Crippen LogP contribution in [0.5, 0.6) is 0 Å². The van der Waals surface area contributed by atoms with Crippen molar-refractivity contribution >= 4 is 40.5 Å². The predicted octanol–water partition coefficient (Wildman–Crippen LogP) is 4.13. The van der Waals surface area contributed by atoms with Crippen LogP contribution in [0.25, 0.3) is 0 Å². The molecule has 0 saturated heterocycles. The third-order valence-corrected chi connectivity index (χ3v) is 3.61. The Balaban J connectivity index is 1.97. The van der Waals surface area contributed by atoms with Crippen LogP contribution in [-0.4, -0.2) is 11.6 Å². The monoisotopic (exact) mass is 304 g/mol. The van der Waals surface area contributed by atoms with Gasteiger partial charge in [0, 0.05) is 5.02 Å². The number of hydrogen-bond donors (Lipinski definition) is 0. The summed E-state index contributed by atoms with van der Waals surface area (Å²) in [6.45, 7) is 0. The molecule has 0 radical (unpaired) electrons. The van der Waals surface area contributed by atoms with Crippen molar-refractivity contribution in [2.24, 2.45) is 5.10 Å². The lowest BCUT2D eigenvalue weighted by Crippen LogP contribution is -2.19. The first-order valence-corrected chi connectivity index (χ1v) is 6.81. The van der Waals surface area contributed by atoms with Gasteiger partial charge in [-0.15, -0.1) is 0 Å². The fourth-order valence-electron chi connectivity index (χ4n) is 2.04. The van der Waals surface area contributed by atoms with Gasteiger partial charge in [-0.3, -0.25) is 4.79 Å². The molecule has 0 bridgehead atoms. The molecule has 0 fully saturated rings. The third-order valence-electron chi connectivity index (χ3n) is 3.03. The van der Waals surface area contributed by atoms with E-state index in [-0.39, 0.29) is 12.3 Å². The number of anilines is 1. The minimum atomic E-state index is -0.0944. The van der Waals surface area contributed by atoms with Crippen molar-refractivity contribution in [1.82, 2.24) is 0 Å². The van der Waals surface area contributed by atoms with Gasteiger partial charge in [0.15, 0.2) is 0 Å².